The Morgan fingerprint density at radius 2 is 1.73 bits per heavy atom. The molecule has 0 amide bonds. The summed E-state index contributed by atoms with van der Waals surface area (Å²) in [6, 6.07) is 4.66. The van der Waals surface area contributed by atoms with Gasteiger partial charge in [-0.25, -0.2) is 9.79 Å². The van der Waals surface area contributed by atoms with E-state index >= 15 is 0 Å². The molecule has 4 aliphatic rings. The molecule has 0 spiro atoms. The molecule has 5 nitrogen and oxygen atoms in total. The molecule has 3 atom stereocenters. The number of carbonyl (C=O) groups excluding carboxylic acids is 1. The molecule has 3 heterocycles. The third kappa shape index (κ3) is 5.33. The minimum absolute atomic E-state index is 0.245. The zero-order valence-corrected chi connectivity index (χ0v) is 25.7. The number of ether oxygens (including phenoxy) is 1. The molecular formula is C34H35F6N3O2. The minimum Gasteiger partial charge on any atom is -0.464 e. The smallest absolute Gasteiger partial charge is 0.416 e. The van der Waals surface area contributed by atoms with E-state index in [4.69, 9.17) is 9.73 Å². The SMILES string of the molecule is CCC1(C)C2C=C(C(F)(F)F)C=CC2=C2C(c3ccc(C(F)(F)F)cc3)=NC(C)=CN2[C@@]1(CC)CN1CC=CC=C1C(=O)OC. The first kappa shape index (κ1) is 32.4. The lowest BCUT2D eigenvalue weighted by molar-refractivity contribution is -0.139. The molecule has 5 rings (SSSR count). The van der Waals surface area contributed by atoms with Gasteiger partial charge in [0.15, 0.2) is 0 Å². The number of esters is 1. The number of rotatable bonds is 6. The molecule has 0 radical (unpaired) electrons. The summed E-state index contributed by atoms with van der Waals surface area (Å²) in [5.41, 5.74) is -0.490. The fourth-order valence-corrected chi connectivity index (χ4v) is 7.18. The first-order valence-corrected chi connectivity index (χ1v) is 14.8. The number of methoxy groups -OCH3 is 1. The standard InChI is InChI=1S/C34H35F6N3O2/c1-6-31(4)26-18-24(34(38,39)40)15-16-25(26)29-28(22-11-13-23(14-12-22)33(35,36)37)41-21(3)19-43(29)32(31,7-2)20-42-17-9-8-10-27(42)30(44)45-5/h8-16,18-19,26H,6-7,17,20H2,1-5H3/t26?,31?,32-/m0/s1. The predicted octanol–water partition coefficient (Wildman–Crippen LogP) is 8.11. The number of alkyl halides is 6. The van der Waals surface area contributed by atoms with Crippen LogP contribution in [0.3, 0.4) is 0 Å². The minimum atomic E-state index is -4.58. The average molecular weight is 632 g/mol. The van der Waals surface area contributed by atoms with Crippen LogP contribution >= 0.6 is 0 Å². The van der Waals surface area contributed by atoms with E-state index in [2.05, 4.69) is 4.90 Å². The van der Waals surface area contributed by atoms with Gasteiger partial charge in [-0.1, -0.05) is 57.2 Å². The number of halogens is 6. The van der Waals surface area contributed by atoms with E-state index in [-0.39, 0.29) is 6.54 Å². The molecule has 240 valence electrons. The van der Waals surface area contributed by atoms with Crippen LogP contribution < -0.4 is 0 Å². The summed E-state index contributed by atoms with van der Waals surface area (Å²) in [5.74, 6) is -1.26. The van der Waals surface area contributed by atoms with Crippen LogP contribution in [0.2, 0.25) is 0 Å². The molecule has 0 saturated carbocycles. The fourth-order valence-electron chi connectivity index (χ4n) is 7.18. The number of allylic oxidation sites excluding steroid dienone is 9. The lowest BCUT2D eigenvalue weighted by atomic mass is 9.53. The third-order valence-electron chi connectivity index (χ3n) is 9.71. The van der Waals surface area contributed by atoms with E-state index in [0.29, 0.717) is 53.3 Å². The molecule has 0 fully saturated rings. The fraction of sp³-hybridized carbons (Fsp3) is 0.412. The highest BCUT2D eigenvalue weighted by atomic mass is 19.4. The van der Waals surface area contributed by atoms with Crippen molar-refractivity contribution in [1.29, 1.82) is 0 Å². The lowest BCUT2D eigenvalue weighted by Gasteiger charge is -2.63. The quantitative estimate of drug-likeness (QED) is 0.235. The van der Waals surface area contributed by atoms with Crippen molar-refractivity contribution in [1.82, 2.24) is 9.80 Å². The Morgan fingerprint density at radius 3 is 2.31 bits per heavy atom. The summed E-state index contributed by atoms with van der Waals surface area (Å²) < 4.78 is 88.0. The Labute approximate surface area is 258 Å². The van der Waals surface area contributed by atoms with E-state index in [1.54, 1.807) is 19.1 Å². The van der Waals surface area contributed by atoms with Gasteiger partial charge in [0, 0.05) is 36.2 Å². The van der Waals surface area contributed by atoms with Crippen LogP contribution in [0.1, 0.15) is 51.7 Å². The van der Waals surface area contributed by atoms with Gasteiger partial charge >= 0.3 is 18.3 Å². The molecule has 2 unspecified atom stereocenters. The van der Waals surface area contributed by atoms with Crippen molar-refractivity contribution in [3.8, 4) is 0 Å². The number of fused-ring (bicyclic) bond motifs is 2. The number of carbonyl (C=O) groups is 1. The summed E-state index contributed by atoms with van der Waals surface area (Å²) in [6.07, 6.45) is 2.79. The van der Waals surface area contributed by atoms with Gasteiger partial charge < -0.3 is 14.5 Å². The summed E-state index contributed by atoms with van der Waals surface area (Å²) >= 11 is 0. The maximum Gasteiger partial charge on any atom is 0.416 e. The van der Waals surface area contributed by atoms with Crippen LogP contribution in [0, 0.1) is 11.3 Å². The zero-order chi connectivity index (χ0) is 32.9. The monoisotopic (exact) mass is 631 g/mol. The molecule has 11 heteroatoms. The zero-order valence-electron chi connectivity index (χ0n) is 25.7. The van der Waals surface area contributed by atoms with Crippen molar-refractivity contribution in [3.05, 3.63) is 106 Å². The molecule has 0 aromatic heterocycles. The molecule has 1 aliphatic carbocycles. The summed E-state index contributed by atoms with van der Waals surface area (Å²) in [5, 5.41) is 0. The summed E-state index contributed by atoms with van der Waals surface area (Å²) in [6.45, 7) is 8.30. The van der Waals surface area contributed by atoms with Crippen molar-refractivity contribution < 1.29 is 35.9 Å². The molecular weight excluding hydrogens is 596 g/mol. The van der Waals surface area contributed by atoms with Crippen LogP contribution in [-0.2, 0) is 15.7 Å². The van der Waals surface area contributed by atoms with Crippen molar-refractivity contribution in [2.45, 2.75) is 58.4 Å². The second-order valence-electron chi connectivity index (χ2n) is 11.9. The van der Waals surface area contributed by atoms with Crippen LogP contribution in [-0.4, -0.2) is 53.4 Å². The second-order valence-corrected chi connectivity index (χ2v) is 11.9. The van der Waals surface area contributed by atoms with Gasteiger partial charge in [-0.2, -0.15) is 26.3 Å². The number of hydrogen-bond donors (Lipinski definition) is 0. The van der Waals surface area contributed by atoms with Gasteiger partial charge in [0.05, 0.1) is 40.9 Å². The van der Waals surface area contributed by atoms with E-state index < -0.39 is 46.3 Å². The Bertz CT molecular complexity index is 1590. The van der Waals surface area contributed by atoms with Crippen LogP contribution in [0.25, 0.3) is 0 Å². The van der Waals surface area contributed by atoms with Gasteiger partial charge in [-0.3, -0.25) is 0 Å². The van der Waals surface area contributed by atoms with Crippen LogP contribution in [0.5, 0.6) is 0 Å². The number of hydrogen-bond acceptors (Lipinski definition) is 5. The van der Waals surface area contributed by atoms with Crippen molar-refractivity contribution in [2.75, 3.05) is 20.2 Å². The molecule has 0 N–H and O–H groups in total. The largest absolute Gasteiger partial charge is 0.464 e. The van der Waals surface area contributed by atoms with Gasteiger partial charge in [-0.15, -0.1) is 0 Å². The molecule has 1 aromatic rings. The first-order chi connectivity index (χ1) is 21.1. The first-order valence-electron chi connectivity index (χ1n) is 14.8. The van der Waals surface area contributed by atoms with Crippen LogP contribution in [0.4, 0.5) is 26.3 Å². The highest BCUT2D eigenvalue weighted by molar-refractivity contribution is 6.14. The highest BCUT2D eigenvalue weighted by Crippen LogP contribution is 2.59. The van der Waals surface area contributed by atoms with Gasteiger partial charge in [0.1, 0.15) is 5.70 Å². The van der Waals surface area contributed by atoms with E-state index in [0.717, 1.165) is 18.2 Å². The number of nitrogens with zero attached hydrogens (tertiary/aromatic N) is 3. The number of benzene rings is 1. The topological polar surface area (TPSA) is 45.1 Å². The van der Waals surface area contributed by atoms with E-state index in [1.807, 2.05) is 37.9 Å². The van der Waals surface area contributed by atoms with Crippen molar-refractivity contribution >= 4 is 11.7 Å². The van der Waals surface area contributed by atoms with Gasteiger partial charge in [0.2, 0.25) is 0 Å². The third-order valence-corrected chi connectivity index (χ3v) is 9.71. The average Bonchev–Trinajstić information content (AvgIpc) is 3.01. The van der Waals surface area contributed by atoms with E-state index in [1.165, 1.54) is 31.4 Å². The molecule has 0 saturated heterocycles. The molecule has 3 aliphatic heterocycles. The molecule has 45 heavy (non-hydrogen) atoms. The van der Waals surface area contributed by atoms with Crippen molar-refractivity contribution in [2.24, 2.45) is 16.3 Å². The van der Waals surface area contributed by atoms with Gasteiger partial charge in [0.25, 0.3) is 0 Å². The second kappa shape index (κ2) is 11.4. The lowest BCUT2D eigenvalue weighted by Crippen LogP contribution is -2.68. The van der Waals surface area contributed by atoms with E-state index in [9.17, 15) is 31.1 Å². The predicted molar refractivity (Wildman–Crippen MR) is 160 cm³/mol. The highest BCUT2D eigenvalue weighted by Gasteiger charge is 2.60. The maximum absolute atomic E-state index is 14.2. The van der Waals surface area contributed by atoms with Crippen LogP contribution in [0.15, 0.2) is 100 Å². The summed E-state index contributed by atoms with van der Waals surface area (Å²) in [4.78, 5) is 21.6. The maximum atomic E-state index is 14.2. The molecule has 1 aromatic carbocycles. The number of aliphatic imine (C=N–C) groups is 1. The normalized spacial score (nSPS) is 26.5. The Hall–Kier alpha value is -4.02. The Kier molecular flexibility index (Phi) is 8.21. The summed E-state index contributed by atoms with van der Waals surface area (Å²) in [7, 11) is 1.29. The Balaban J connectivity index is 1.77. The Morgan fingerprint density at radius 1 is 1.04 bits per heavy atom. The molecule has 0 bridgehead atoms. The van der Waals surface area contributed by atoms with Crippen molar-refractivity contribution in [3.63, 3.8) is 0 Å². The van der Waals surface area contributed by atoms with Gasteiger partial charge in [-0.05, 0) is 49.6 Å².